The first-order valence-electron chi connectivity index (χ1n) is 9.07. The predicted octanol–water partition coefficient (Wildman–Crippen LogP) is 3.22. The normalized spacial score (nSPS) is 30.6. The van der Waals surface area contributed by atoms with Crippen LogP contribution in [-0.2, 0) is 19.9 Å². The zero-order chi connectivity index (χ0) is 17.9. The molecule has 26 heavy (non-hydrogen) atoms. The summed E-state index contributed by atoms with van der Waals surface area (Å²) in [5.74, 6) is -0.366. The maximum atomic E-state index is 12.7. The van der Waals surface area contributed by atoms with Crippen LogP contribution in [0.25, 0.3) is 5.57 Å². The maximum absolute atomic E-state index is 12.7. The number of ether oxygens (including phenoxy) is 2. The summed E-state index contributed by atoms with van der Waals surface area (Å²) in [5, 5.41) is 10.3. The van der Waals surface area contributed by atoms with Crippen LogP contribution < -0.4 is 0 Å². The molecule has 1 saturated heterocycles. The van der Waals surface area contributed by atoms with Crippen molar-refractivity contribution in [3.8, 4) is 0 Å². The van der Waals surface area contributed by atoms with Crippen molar-refractivity contribution in [2.24, 2.45) is 11.8 Å². The second-order valence-corrected chi connectivity index (χ2v) is 7.09. The van der Waals surface area contributed by atoms with Crippen molar-refractivity contribution in [2.45, 2.75) is 18.6 Å². The van der Waals surface area contributed by atoms with Crippen molar-refractivity contribution >= 4 is 11.5 Å². The molecule has 1 aliphatic carbocycles. The molecule has 0 radical (unpaired) electrons. The van der Waals surface area contributed by atoms with Gasteiger partial charge in [-0.3, -0.25) is 0 Å². The van der Waals surface area contributed by atoms with Crippen molar-refractivity contribution in [1.29, 1.82) is 0 Å². The number of hydrogen-bond donors (Lipinski definition) is 1. The molecule has 4 nitrogen and oxygen atoms in total. The lowest BCUT2D eigenvalue weighted by Gasteiger charge is -2.46. The number of esters is 1. The van der Waals surface area contributed by atoms with Crippen LogP contribution in [0.2, 0.25) is 0 Å². The summed E-state index contributed by atoms with van der Waals surface area (Å²) in [7, 11) is 0. The summed E-state index contributed by atoms with van der Waals surface area (Å²) >= 11 is 0. The Hall–Kier alpha value is -2.43. The monoisotopic (exact) mass is 348 g/mol. The van der Waals surface area contributed by atoms with Gasteiger partial charge < -0.3 is 14.6 Å². The SMILES string of the molecule is CCOC(=O)C1=C(c2ccccc2)C2C1C1OC2(CO)c2ccccc21. The molecule has 132 valence electrons. The van der Waals surface area contributed by atoms with E-state index in [-0.39, 0.29) is 30.5 Å². The maximum Gasteiger partial charge on any atom is 0.334 e. The van der Waals surface area contributed by atoms with Gasteiger partial charge in [-0.25, -0.2) is 4.79 Å². The highest BCUT2D eigenvalue weighted by Crippen LogP contribution is 2.71. The molecule has 2 heterocycles. The highest BCUT2D eigenvalue weighted by Gasteiger charge is 2.69. The van der Waals surface area contributed by atoms with Crippen LogP contribution in [-0.4, -0.2) is 24.3 Å². The molecule has 1 fully saturated rings. The van der Waals surface area contributed by atoms with E-state index in [9.17, 15) is 9.90 Å². The number of benzene rings is 2. The quantitative estimate of drug-likeness (QED) is 0.862. The Morgan fingerprint density at radius 2 is 1.88 bits per heavy atom. The van der Waals surface area contributed by atoms with Crippen molar-refractivity contribution in [3.63, 3.8) is 0 Å². The number of hydrogen-bond acceptors (Lipinski definition) is 4. The van der Waals surface area contributed by atoms with Gasteiger partial charge in [-0.05, 0) is 29.2 Å². The minimum Gasteiger partial charge on any atom is -0.463 e. The molecule has 0 saturated carbocycles. The Labute approximate surface area is 152 Å². The van der Waals surface area contributed by atoms with E-state index in [0.717, 1.165) is 22.3 Å². The highest BCUT2D eigenvalue weighted by atomic mass is 16.5. The minimum absolute atomic E-state index is 0.0331. The summed E-state index contributed by atoms with van der Waals surface area (Å²) in [6, 6.07) is 17.9. The lowest BCUT2D eigenvalue weighted by Crippen LogP contribution is -2.47. The van der Waals surface area contributed by atoms with Gasteiger partial charge in [0.15, 0.2) is 0 Å². The molecule has 5 rings (SSSR count). The molecule has 0 aromatic heterocycles. The predicted molar refractivity (Wildman–Crippen MR) is 96.0 cm³/mol. The smallest absolute Gasteiger partial charge is 0.334 e. The number of carbonyl (C=O) groups is 1. The third-order valence-corrected chi connectivity index (χ3v) is 6.00. The van der Waals surface area contributed by atoms with Crippen molar-refractivity contribution in [1.82, 2.24) is 0 Å². The van der Waals surface area contributed by atoms with E-state index in [2.05, 4.69) is 0 Å². The Kier molecular flexibility index (Phi) is 3.36. The van der Waals surface area contributed by atoms with E-state index in [0.29, 0.717) is 12.2 Å². The van der Waals surface area contributed by atoms with Crippen LogP contribution >= 0.6 is 0 Å². The van der Waals surface area contributed by atoms with E-state index in [1.54, 1.807) is 0 Å². The summed E-state index contributed by atoms with van der Waals surface area (Å²) in [5.41, 5.74) is 4.02. The molecule has 2 bridgehead atoms. The zero-order valence-electron chi connectivity index (χ0n) is 14.5. The van der Waals surface area contributed by atoms with Gasteiger partial charge in [-0.1, -0.05) is 54.6 Å². The molecule has 2 aromatic rings. The highest BCUT2D eigenvalue weighted by molar-refractivity contribution is 6.04. The number of aliphatic hydroxyl groups excluding tert-OH is 1. The summed E-state index contributed by atoms with van der Waals surface area (Å²) < 4.78 is 11.7. The van der Waals surface area contributed by atoms with Crippen LogP contribution in [0.4, 0.5) is 0 Å². The van der Waals surface area contributed by atoms with Crippen LogP contribution in [0, 0.1) is 11.8 Å². The molecule has 1 N–H and O–H groups in total. The van der Waals surface area contributed by atoms with Gasteiger partial charge in [0.25, 0.3) is 0 Å². The first kappa shape index (κ1) is 15.8. The van der Waals surface area contributed by atoms with Crippen LogP contribution in [0.5, 0.6) is 0 Å². The van der Waals surface area contributed by atoms with Crippen LogP contribution in [0.15, 0.2) is 60.2 Å². The standard InChI is InChI=1S/C22H20O4/c1-2-25-21(24)17-16(13-8-4-3-5-9-13)19-18(17)20-14-10-6-7-11-15(14)22(19,12-23)26-20/h3-11,18-20,23H,2,12H2,1H3. The molecule has 0 spiro atoms. The van der Waals surface area contributed by atoms with Crippen molar-refractivity contribution in [2.75, 3.05) is 13.2 Å². The van der Waals surface area contributed by atoms with E-state index < -0.39 is 5.60 Å². The van der Waals surface area contributed by atoms with Gasteiger partial charge in [-0.2, -0.15) is 0 Å². The van der Waals surface area contributed by atoms with E-state index in [1.165, 1.54) is 0 Å². The Balaban J connectivity index is 1.71. The average Bonchev–Trinajstić information content (AvgIpc) is 3.12. The summed E-state index contributed by atoms with van der Waals surface area (Å²) in [6.07, 6.45) is -0.199. The Morgan fingerprint density at radius 1 is 1.15 bits per heavy atom. The molecule has 3 aliphatic rings. The first-order valence-corrected chi connectivity index (χ1v) is 9.07. The van der Waals surface area contributed by atoms with Crippen LogP contribution in [0.1, 0.15) is 29.7 Å². The fourth-order valence-corrected chi connectivity index (χ4v) is 5.07. The fraction of sp³-hybridized carbons (Fsp3) is 0.318. The Morgan fingerprint density at radius 3 is 2.62 bits per heavy atom. The van der Waals surface area contributed by atoms with E-state index in [1.807, 2.05) is 61.5 Å². The van der Waals surface area contributed by atoms with Gasteiger partial charge in [-0.15, -0.1) is 0 Å². The van der Waals surface area contributed by atoms with Gasteiger partial charge in [0.1, 0.15) is 5.60 Å². The summed E-state index contributed by atoms with van der Waals surface area (Å²) in [6.45, 7) is 2.06. The van der Waals surface area contributed by atoms with Crippen molar-refractivity contribution < 1.29 is 19.4 Å². The molecular weight excluding hydrogens is 328 g/mol. The third kappa shape index (κ3) is 1.78. The van der Waals surface area contributed by atoms with E-state index >= 15 is 0 Å². The second-order valence-electron chi connectivity index (χ2n) is 7.09. The van der Waals surface area contributed by atoms with Crippen molar-refractivity contribution in [3.05, 3.63) is 76.9 Å². The molecule has 2 aromatic carbocycles. The number of fused-ring (bicyclic) bond motifs is 8. The first-order chi connectivity index (χ1) is 12.7. The lowest BCUT2D eigenvalue weighted by atomic mass is 9.54. The largest absolute Gasteiger partial charge is 0.463 e. The average molecular weight is 348 g/mol. The Bertz CT molecular complexity index is 917. The number of aliphatic hydroxyl groups is 1. The van der Waals surface area contributed by atoms with Gasteiger partial charge in [0.2, 0.25) is 0 Å². The molecule has 0 amide bonds. The van der Waals surface area contributed by atoms with Gasteiger partial charge in [0, 0.05) is 17.4 Å². The van der Waals surface area contributed by atoms with Gasteiger partial charge in [0.05, 0.1) is 19.3 Å². The second kappa shape index (κ2) is 5.53. The number of rotatable bonds is 4. The minimum atomic E-state index is -0.771. The lowest BCUT2D eigenvalue weighted by molar-refractivity contribution is -0.139. The third-order valence-electron chi connectivity index (χ3n) is 6.00. The van der Waals surface area contributed by atoms with Crippen LogP contribution in [0.3, 0.4) is 0 Å². The molecule has 2 aliphatic heterocycles. The summed E-state index contributed by atoms with van der Waals surface area (Å²) in [4.78, 5) is 12.7. The van der Waals surface area contributed by atoms with Gasteiger partial charge >= 0.3 is 5.97 Å². The molecule has 4 unspecified atom stereocenters. The topological polar surface area (TPSA) is 55.8 Å². The number of carbonyl (C=O) groups excluding carboxylic acids is 1. The molecular formula is C22H20O4. The molecule has 4 atom stereocenters. The fourth-order valence-electron chi connectivity index (χ4n) is 5.07. The van der Waals surface area contributed by atoms with E-state index in [4.69, 9.17) is 9.47 Å². The zero-order valence-corrected chi connectivity index (χ0v) is 14.5. The molecule has 4 heteroatoms.